The zero-order valence-corrected chi connectivity index (χ0v) is 12.1. The Morgan fingerprint density at radius 2 is 1.76 bits per heavy atom. The van der Waals surface area contributed by atoms with Crippen LogP contribution >= 0.6 is 0 Å². The zero-order valence-electron chi connectivity index (χ0n) is 12.1. The van der Waals surface area contributed by atoms with Gasteiger partial charge in [0.2, 0.25) is 0 Å². The molecule has 0 saturated heterocycles. The molecule has 0 radical (unpaired) electrons. The molecule has 106 valence electrons. The number of rotatable bonds is 4. The van der Waals surface area contributed by atoms with Crippen molar-refractivity contribution in [3.63, 3.8) is 0 Å². The molecule has 0 unspecified atom stereocenters. The van der Waals surface area contributed by atoms with Gasteiger partial charge in [-0.1, -0.05) is 24.3 Å². The zero-order chi connectivity index (χ0) is 14.7. The first-order valence-corrected chi connectivity index (χ1v) is 6.96. The lowest BCUT2D eigenvalue weighted by Gasteiger charge is -2.12. The summed E-state index contributed by atoms with van der Waals surface area (Å²) in [7, 11) is 1.69. The molecule has 0 atom stereocenters. The third-order valence-electron chi connectivity index (χ3n) is 3.40. The molecule has 0 spiro atoms. The molecule has 4 nitrogen and oxygen atoms in total. The number of benzene rings is 2. The van der Waals surface area contributed by atoms with E-state index < -0.39 is 0 Å². The van der Waals surface area contributed by atoms with Gasteiger partial charge in [-0.25, -0.2) is 4.98 Å². The number of nitrogens with one attached hydrogen (secondary N) is 1. The van der Waals surface area contributed by atoms with E-state index >= 15 is 0 Å². The fourth-order valence-electron chi connectivity index (χ4n) is 2.49. The van der Waals surface area contributed by atoms with Crippen LogP contribution in [0.5, 0.6) is 5.75 Å². The van der Waals surface area contributed by atoms with E-state index in [1.165, 1.54) is 0 Å². The summed E-state index contributed by atoms with van der Waals surface area (Å²) in [4.78, 5) is 8.90. The molecule has 0 amide bonds. The molecule has 0 aliphatic heterocycles. The Morgan fingerprint density at radius 3 is 2.52 bits per heavy atom. The first kappa shape index (κ1) is 13.4. The van der Waals surface area contributed by atoms with Gasteiger partial charge >= 0.3 is 0 Å². The monoisotopic (exact) mass is 279 g/mol. The number of nitrogens with zero attached hydrogens (tertiary/aromatic N) is 2. The van der Waals surface area contributed by atoms with Crippen molar-refractivity contribution in [3.05, 3.63) is 48.8 Å². The van der Waals surface area contributed by atoms with Crippen LogP contribution < -0.4 is 10.1 Å². The number of ether oxygens (including phenoxy) is 1. The molecular weight excluding hydrogens is 262 g/mol. The molecule has 1 heterocycles. The summed E-state index contributed by atoms with van der Waals surface area (Å²) < 4.78 is 5.44. The standard InChI is InChI=1S/C17H17N3O/c1-3-18-17-16(19-10-11-20-17)14-8-9-15(21-2)13-7-5-4-6-12(13)14/h4-11H,3H2,1-2H3,(H,18,20). The van der Waals surface area contributed by atoms with Crippen LogP contribution in [-0.2, 0) is 0 Å². The number of aromatic nitrogens is 2. The van der Waals surface area contributed by atoms with Crippen molar-refractivity contribution in [3.8, 4) is 17.0 Å². The smallest absolute Gasteiger partial charge is 0.152 e. The van der Waals surface area contributed by atoms with Crippen molar-refractivity contribution in [1.82, 2.24) is 9.97 Å². The second kappa shape index (κ2) is 5.79. The average Bonchev–Trinajstić information content (AvgIpc) is 2.55. The van der Waals surface area contributed by atoms with Gasteiger partial charge in [-0.15, -0.1) is 0 Å². The lowest BCUT2D eigenvalue weighted by atomic mass is 10.0. The van der Waals surface area contributed by atoms with E-state index in [-0.39, 0.29) is 0 Å². The molecular formula is C17H17N3O. The van der Waals surface area contributed by atoms with Gasteiger partial charge in [0.15, 0.2) is 5.82 Å². The highest BCUT2D eigenvalue weighted by Gasteiger charge is 2.12. The molecule has 0 bridgehead atoms. The van der Waals surface area contributed by atoms with Crippen LogP contribution in [0.15, 0.2) is 48.8 Å². The van der Waals surface area contributed by atoms with Crippen molar-refractivity contribution in [2.75, 3.05) is 19.0 Å². The second-order valence-corrected chi connectivity index (χ2v) is 4.64. The molecule has 2 aromatic carbocycles. The first-order valence-electron chi connectivity index (χ1n) is 6.96. The minimum Gasteiger partial charge on any atom is -0.496 e. The van der Waals surface area contributed by atoms with Crippen molar-refractivity contribution >= 4 is 16.6 Å². The van der Waals surface area contributed by atoms with Gasteiger partial charge in [0.25, 0.3) is 0 Å². The van der Waals surface area contributed by atoms with Gasteiger partial charge in [0.05, 0.1) is 7.11 Å². The molecule has 1 N–H and O–H groups in total. The maximum Gasteiger partial charge on any atom is 0.152 e. The van der Waals surface area contributed by atoms with Crippen molar-refractivity contribution in [1.29, 1.82) is 0 Å². The summed E-state index contributed by atoms with van der Waals surface area (Å²) in [5, 5.41) is 5.45. The lowest BCUT2D eigenvalue weighted by molar-refractivity contribution is 0.420. The molecule has 3 aromatic rings. The van der Waals surface area contributed by atoms with Gasteiger partial charge in [-0.2, -0.15) is 0 Å². The van der Waals surface area contributed by atoms with Crippen molar-refractivity contribution in [2.45, 2.75) is 6.92 Å². The molecule has 21 heavy (non-hydrogen) atoms. The van der Waals surface area contributed by atoms with E-state index in [2.05, 4.69) is 27.4 Å². The topological polar surface area (TPSA) is 47.0 Å². The Bertz CT molecular complexity index is 771. The molecule has 0 aliphatic carbocycles. The Balaban J connectivity index is 2.27. The highest BCUT2D eigenvalue weighted by molar-refractivity contribution is 6.01. The summed E-state index contributed by atoms with van der Waals surface area (Å²) in [5.74, 6) is 1.67. The van der Waals surface area contributed by atoms with Crippen molar-refractivity contribution in [2.24, 2.45) is 0 Å². The van der Waals surface area contributed by atoms with Gasteiger partial charge in [-0.3, -0.25) is 4.98 Å². The first-order chi connectivity index (χ1) is 10.3. The van der Waals surface area contributed by atoms with E-state index in [1.54, 1.807) is 19.5 Å². The number of anilines is 1. The fourth-order valence-corrected chi connectivity index (χ4v) is 2.49. The lowest BCUT2D eigenvalue weighted by Crippen LogP contribution is -2.02. The van der Waals surface area contributed by atoms with Crippen molar-refractivity contribution < 1.29 is 4.74 Å². The van der Waals surface area contributed by atoms with Crippen LogP contribution in [0, 0.1) is 0 Å². The van der Waals surface area contributed by atoms with Gasteiger partial charge in [0.1, 0.15) is 11.4 Å². The van der Waals surface area contributed by atoms with Gasteiger partial charge < -0.3 is 10.1 Å². The van der Waals surface area contributed by atoms with Crippen LogP contribution in [0.25, 0.3) is 22.0 Å². The second-order valence-electron chi connectivity index (χ2n) is 4.64. The van der Waals surface area contributed by atoms with Crippen LogP contribution in [0.3, 0.4) is 0 Å². The molecule has 0 aliphatic rings. The molecule has 4 heteroatoms. The maximum atomic E-state index is 5.44. The number of hydrogen-bond acceptors (Lipinski definition) is 4. The normalized spacial score (nSPS) is 10.6. The highest BCUT2D eigenvalue weighted by Crippen LogP contribution is 2.35. The molecule has 3 rings (SSSR count). The largest absolute Gasteiger partial charge is 0.496 e. The third kappa shape index (κ3) is 2.40. The van der Waals surface area contributed by atoms with Crippen LogP contribution in [-0.4, -0.2) is 23.6 Å². The predicted octanol–water partition coefficient (Wildman–Crippen LogP) is 3.74. The fraction of sp³-hybridized carbons (Fsp3) is 0.176. The van der Waals surface area contributed by atoms with Crippen LogP contribution in [0.4, 0.5) is 5.82 Å². The quantitative estimate of drug-likeness (QED) is 0.790. The van der Waals surface area contributed by atoms with E-state index in [0.717, 1.165) is 40.1 Å². The Hall–Kier alpha value is -2.62. The SMILES string of the molecule is CCNc1nccnc1-c1ccc(OC)c2ccccc12. The molecule has 0 fully saturated rings. The molecule has 1 aromatic heterocycles. The van der Waals surface area contributed by atoms with Crippen LogP contribution in [0.2, 0.25) is 0 Å². The van der Waals surface area contributed by atoms with E-state index in [9.17, 15) is 0 Å². The van der Waals surface area contributed by atoms with Gasteiger partial charge in [-0.05, 0) is 24.4 Å². The third-order valence-corrected chi connectivity index (χ3v) is 3.40. The summed E-state index contributed by atoms with van der Waals surface area (Å²) in [5.41, 5.74) is 1.91. The summed E-state index contributed by atoms with van der Waals surface area (Å²) in [6.45, 7) is 2.85. The maximum absolute atomic E-state index is 5.44. The molecule has 0 saturated carbocycles. The minimum atomic E-state index is 0.801. The van der Waals surface area contributed by atoms with E-state index in [1.807, 2.05) is 31.2 Å². The summed E-state index contributed by atoms with van der Waals surface area (Å²) in [6, 6.07) is 12.2. The number of hydrogen-bond donors (Lipinski definition) is 1. The van der Waals surface area contributed by atoms with Crippen LogP contribution in [0.1, 0.15) is 6.92 Å². The Kier molecular flexibility index (Phi) is 3.69. The predicted molar refractivity (Wildman–Crippen MR) is 85.7 cm³/mol. The van der Waals surface area contributed by atoms with Gasteiger partial charge in [0, 0.05) is 29.9 Å². The Morgan fingerprint density at radius 1 is 1.00 bits per heavy atom. The number of methoxy groups -OCH3 is 1. The minimum absolute atomic E-state index is 0.801. The van der Waals surface area contributed by atoms with E-state index in [0.29, 0.717) is 0 Å². The summed E-state index contributed by atoms with van der Waals surface area (Å²) >= 11 is 0. The highest BCUT2D eigenvalue weighted by atomic mass is 16.5. The summed E-state index contributed by atoms with van der Waals surface area (Å²) in [6.07, 6.45) is 3.42. The Labute approximate surface area is 123 Å². The van der Waals surface area contributed by atoms with E-state index in [4.69, 9.17) is 4.74 Å². The number of fused-ring (bicyclic) bond motifs is 1. The average molecular weight is 279 g/mol.